The molecule has 0 aromatic heterocycles. The highest BCUT2D eigenvalue weighted by atomic mass is 35.5. The number of amides is 1. The van der Waals surface area contributed by atoms with Crippen LogP contribution in [0.4, 0.5) is 0 Å². The van der Waals surface area contributed by atoms with Crippen LogP contribution in [0.25, 0.3) is 0 Å². The van der Waals surface area contributed by atoms with Crippen LogP contribution in [-0.2, 0) is 0 Å². The van der Waals surface area contributed by atoms with Crippen molar-refractivity contribution in [3.63, 3.8) is 0 Å². The van der Waals surface area contributed by atoms with Crippen LogP contribution in [0.3, 0.4) is 0 Å². The third kappa shape index (κ3) is 2.92. The van der Waals surface area contributed by atoms with Gasteiger partial charge in [-0.2, -0.15) is 0 Å². The second-order valence-electron chi connectivity index (χ2n) is 5.77. The first-order valence-electron chi connectivity index (χ1n) is 7.20. The number of nitrogens with zero attached hydrogens (tertiary/aromatic N) is 2. The second kappa shape index (κ2) is 5.87. The van der Waals surface area contributed by atoms with Crippen LogP contribution in [0, 0.1) is 0 Å². The molecule has 5 heteroatoms. The van der Waals surface area contributed by atoms with E-state index in [0.29, 0.717) is 21.3 Å². The SMILES string of the molecule is CC1(C)N=C(c2ccccc2)C(=S)N1C(=O)c1ccc(Cl)cc1. The average molecular weight is 343 g/mol. The summed E-state index contributed by atoms with van der Waals surface area (Å²) in [6, 6.07) is 16.5. The summed E-state index contributed by atoms with van der Waals surface area (Å²) in [5.41, 5.74) is 1.40. The fourth-order valence-electron chi connectivity index (χ4n) is 2.57. The molecule has 0 radical (unpaired) electrons. The van der Waals surface area contributed by atoms with Crippen molar-refractivity contribution in [1.29, 1.82) is 0 Å². The minimum Gasteiger partial charge on any atom is -0.272 e. The smallest absolute Gasteiger partial charge is 0.260 e. The molecule has 1 heterocycles. The van der Waals surface area contributed by atoms with Crippen molar-refractivity contribution in [2.45, 2.75) is 19.5 Å². The molecule has 23 heavy (non-hydrogen) atoms. The van der Waals surface area contributed by atoms with E-state index in [-0.39, 0.29) is 5.91 Å². The summed E-state index contributed by atoms with van der Waals surface area (Å²) in [4.78, 5) is 19.6. The van der Waals surface area contributed by atoms with Gasteiger partial charge in [0, 0.05) is 16.1 Å². The second-order valence-corrected chi connectivity index (χ2v) is 6.60. The van der Waals surface area contributed by atoms with Crippen molar-refractivity contribution in [1.82, 2.24) is 4.90 Å². The predicted molar refractivity (Wildman–Crippen MR) is 97.3 cm³/mol. The number of aliphatic imine (C=N–C) groups is 1. The van der Waals surface area contributed by atoms with E-state index in [2.05, 4.69) is 4.99 Å². The minimum absolute atomic E-state index is 0.175. The highest BCUT2D eigenvalue weighted by Gasteiger charge is 2.42. The lowest BCUT2D eigenvalue weighted by atomic mass is 10.1. The Balaban J connectivity index is 1.97. The molecule has 0 unspecified atom stereocenters. The zero-order valence-corrected chi connectivity index (χ0v) is 14.4. The zero-order valence-electron chi connectivity index (χ0n) is 12.8. The van der Waals surface area contributed by atoms with Crippen LogP contribution < -0.4 is 0 Å². The van der Waals surface area contributed by atoms with Gasteiger partial charge in [-0.3, -0.25) is 14.7 Å². The van der Waals surface area contributed by atoms with Crippen LogP contribution >= 0.6 is 23.8 Å². The van der Waals surface area contributed by atoms with Gasteiger partial charge in [-0.1, -0.05) is 54.2 Å². The number of thiocarbonyl (C=S) groups is 1. The molecule has 1 aliphatic heterocycles. The quantitative estimate of drug-likeness (QED) is 0.760. The highest BCUT2D eigenvalue weighted by molar-refractivity contribution is 7.82. The maximum atomic E-state index is 12.9. The van der Waals surface area contributed by atoms with Gasteiger partial charge in [-0.15, -0.1) is 0 Å². The number of halogens is 1. The minimum atomic E-state index is -0.723. The van der Waals surface area contributed by atoms with Crippen LogP contribution in [0.5, 0.6) is 0 Å². The molecule has 1 amide bonds. The molecule has 2 aromatic rings. The summed E-state index contributed by atoms with van der Waals surface area (Å²) in [6.07, 6.45) is 0. The van der Waals surface area contributed by atoms with Gasteiger partial charge in [0.1, 0.15) is 16.4 Å². The van der Waals surface area contributed by atoms with Gasteiger partial charge < -0.3 is 0 Å². The third-order valence-electron chi connectivity index (χ3n) is 3.68. The Hall–Kier alpha value is -2.04. The molecular formula is C18H15ClN2OS. The first kappa shape index (κ1) is 15.8. The Labute approximate surface area is 145 Å². The van der Waals surface area contributed by atoms with E-state index < -0.39 is 5.66 Å². The molecule has 0 N–H and O–H groups in total. The average Bonchev–Trinajstić information content (AvgIpc) is 2.78. The lowest BCUT2D eigenvalue weighted by Gasteiger charge is -2.29. The molecule has 0 saturated carbocycles. The molecule has 1 aliphatic rings. The monoisotopic (exact) mass is 342 g/mol. The molecule has 116 valence electrons. The van der Waals surface area contributed by atoms with E-state index in [1.54, 1.807) is 29.2 Å². The first-order chi connectivity index (χ1) is 10.9. The fourth-order valence-corrected chi connectivity index (χ4v) is 3.17. The van der Waals surface area contributed by atoms with Gasteiger partial charge in [0.05, 0.1) is 0 Å². The molecule has 3 nitrogen and oxygen atoms in total. The number of carbonyl (C=O) groups is 1. The lowest BCUT2D eigenvalue weighted by molar-refractivity contribution is 0.0758. The third-order valence-corrected chi connectivity index (χ3v) is 4.31. The standard InChI is InChI=1S/C18H15ClN2OS/c1-18(2)20-15(12-6-4-3-5-7-12)17(23)21(18)16(22)13-8-10-14(19)11-9-13/h3-11H,1-2H3. The highest BCUT2D eigenvalue weighted by Crippen LogP contribution is 2.29. The Morgan fingerprint density at radius 2 is 1.70 bits per heavy atom. The van der Waals surface area contributed by atoms with Crippen LogP contribution in [0.1, 0.15) is 29.8 Å². The summed E-state index contributed by atoms with van der Waals surface area (Å²) in [7, 11) is 0. The summed E-state index contributed by atoms with van der Waals surface area (Å²) >= 11 is 11.4. The topological polar surface area (TPSA) is 32.7 Å². The van der Waals surface area contributed by atoms with E-state index >= 15 is 0 Å². The van der Waals surface area contributed by atoms with E-state index in [9.17, 15) is 4.79 Å². The molecular weight excluding hydrogens is 328 g/mol. The summed E-state index contributed by atoms with van der Waals surface area (Å²) in [5.74, 6) is -0.175. The lowest BCUT2D eigenvalue weighted by Crippen LogP contribution is -2.46. The van der Waals surface area contributed by atoms with E-state index in [0.717, 1.165) is 5.56 Å². The Morgan fingerprint density at radius 1 is 1.09 bits per heavy atom. The number of carbonyl (C=O) groups excluding carboxylic acids is 1. The normalized spacial score (nSPS) is 16.4. The maximum absolute atomic E-state index is 12.9. The molecule has 0 bridgehead atoms. The van der Waals surface area contributed by atoms with Gasteiger partial charge in [0.2, 0.25) is 0 Å². The number of benzene rings is 2. The van der Waals surface area contributed by atoms with Gasteiger partial charge in [-0.25, -0.2) is 0 Å². The van der Waals surface area contributed by atoms with E-state index in [4.69, 9.17) is 23.8 Å². The Morgan fingerprint density at radius 3 is 2.30 bits per heavy atom. The van der Waals surface area contributed by atoms with Gasteiger partial charge in [0.25, 0.3) is 5.91 Å². The maximum Gasteiger partial charge on any atom is 0.260 e. The largest absolute Gasteiger partial charge is 0.272 e. The summed E-state index contributed by atoms with van der Waals surface area (Å²) in [6.45, 7) is 3.76. The van der Waals surface area contributed by atoms with Gasteiger partial charge in [-0.05, 0) is 38.1 Å². The van der Waals surface area contributed by atoms with Crippen molar-refractivity contribution in [2.24, 2.45) is 4.99 Å². The summed E-state index contributed by atoms with van der Waals surface area (Å²) < 4.78 is 0. The van der Waals surface area contributed by atoms with Crippen LogP contribution in [0.15, 0.2) is 59.6 Å². The number of hydrogen-bond acceptors (Lipinski definition) is 3. The number of hydrogen-bond donors (Lipinski definition) is 0. The molecule has 0 aliphatic carbocycles. The van der Waals surface area contributed by atoms with Crippen LogP contribution in [0.2, 0.25) is 5.02 Å². The van der Waals surface area contributed by atoms with Gasteiger partial charge >= 0.3 is 0 Å². The van der Waals surface area contributed by atoms with Gasteiger partial charge in [0.15, 0.2) is 0 Å². The zero-order chi connectivity index (χ0) is 16.6. The molecule has 0 atom stereocenters. The van der Waals surface area contributed by atoms with Crippen molar-refractivity contribution in [3.05, 3.63) is 70.7 Å². The molecule has 2 aromatic carbocycles. The Kier molecular flexibility index (Phi) is 4.04. The van der Waals surface area contributed by atoms with E-state index in [1.165, 1.54) is 0 Å². The first-order valence-corrected chi connectivity index (χ1v) is 7.98. The molecule has 0 spiro atoms. The van der Waals surface area contributed by atoms with Crippen LogP contribution in [-0.4, -0.2) is 27.2 Å². The predicted octanol–water partition coefficient (Wildman–Crippen LogP) is 4.35. The molecule has 3 rings (SSSR count). The number of rotatable bonds is 2. The van der Waals surface area contributed by atoms with Crippen molar-refractivity contribution in [2.75, 3.05) is 0 Å². The molecule has 0 saturated heterocycles. The van der Waals surface area contributed by atoms with Crippen molar-refractivity contribution < 1.29 is 4.79 Å². The fraction of sp³-hybridized carbons (Fsp3) is 0.167. The van der Waals surface area contributed by atoms with Crippen molar-refractivity contribution in [3.8, 4) is 0 Å². The van der Waals surface area contributed by atoms with Crippen molar-refractivity contribution >= 4 is 40.4 Å². The summed E-state index contributed by atoms with van der Waals surface area (Å²) in [5, 5.41) is 0.589. The Bertz CT molecular complexity index is 798. The molecule has 0 fully saturated rings. The van der Waals surface area contributed by atoms with E-state index in [1.807, 2.05) is 44.2 Å².